The normalized spacial score (nSPS) is 10.6. The lowest BCUT2D eigenvalue weighted by molar-refractivity contribution is 0.177. The zero-order valence-electron chi connectivity index (χ0n) is 9.63. The molecule has 0 spiro atoms. The Kier molecular flexibility index (Phi) is 4.35. The fraction of sp³-hybridized carbons (Fsp3) is 0.182. The first-order valence-corrected chi connectivity index (χ1v) is 6.29. The molecule has 5 nitrogen and oxygen atoms in total. The van der Waals surface area contributed by atoms with E-state index in [1.165, 1.54) is 11.8 Å². The second-order valence-corrected chi connectivity index (χ2v) is 4.79. The molecule has 0 aromatic carbocycles. The van der Waals surface area contributed by atoms with Crippen molar-refractivity contribution in [1.29, 1.82) is 0 Å². The topological polar surface area (TPSA) is 73.9 Å². The first-order chi connectivity index (χ1) is 8.69. The van der Waals surface area contributed by atoms with Gasteiger partial charge in [-0.2, -0.15) is 0 Å². The van der Waals surface area contributed by atoms with Gasteiger partial charge in [0.15, 0.2) is 5.82 Å². The number of ether oxygens (including phenoxy) is 1. The molecule has 18 heavy (non-hydrogen) atoms. The van der Waals surface area contributed by atoms with Gasteiger partial charge in [0.05, 0.1) is 5.02 Å². The summed E-state index contributed by atoms with van der Waals surface area (Å²) < 4.78 is 4.98. The van der Waals surface area contributed by atoms with Crippen LogP contribution in [-0.4, -0.2) is 22.1 Å². The Morgan fingerprint density at radius 2 is 2.28 bits per heavy atom. The van der Waals surface area contributed by atoms with Crippen LogP contribution in [0.3, 0.4) is 0 Å². The van der Waals surface area contributed by atoms with Gasteiger partial charge in [-0.1, -0.05) is 11.6 Å². The molecule has 0 aliphatic heterocycles. The Hall–Kier alpha value is -1.37. The molecule has 0 saturated carbocycles. The van der Waals surface area contributed by atoms with Gasteiger partial charge in [0.2, 0.25) is 0 Å². The second-order valence-electron chi connectivity index (χ2n) is 3.37. The molecule has 2 aromatic rings. The number of nitrogens with two attached hydrogens (primary N) is 1. The van der Waals surface area contributed by atoms with Crippen molar-refractivity contribution in [3.05, 3.63) is 35.2 Å². The Bertz CT molecular complexity index is 552. The zero-order valence-corrected chi connectivity index (χ0v) is 11.2. The number of methoxy groups -OCH3 is 1. The molecular weight excluding hydrogens is 272 g/mol. The maximum atomic E-state index is 6.03. The van der Waals surface area contributed by atoms with Crippen molar-refractivity contribution in [2.24, 2.45) is 0 Å². The molecule has 2 rings (SSSR count). The molecule has 0 fully saturated rings. The minimum absolute atomic E-state index is 0.314. The number of hydrogen-bond donors (Lipinski definition) is 1. The highest BCUT2D eigenvalue weighted by Crippen LogP contribution is 2.30. The number of aromatic nitrogens is 3. The summed E-state index contributed by atoms with van der Waals surface area (Å²) in [4.78, 5) is 12.5. The van der Waals surface area contributed by atoms with Crippen molar-refractivity contribution >= 4 is 29.2 Å². The van der Waals surface area contributed by atoms with Crippen LogP contribution in [0, 0.1) is 0 Å². The second kappa shape index (κ2) is 5.99. The fourth-order valence-corrected chi connectivity index (χ4v) is 2.33. The average molecular weight is 283 g/mol. The lowest BCUT2D eigenvalue weighted by atomic mass is 10.5. The van der Waals surface area contributed by atoms with Crippen molar-refractivity contribution in [2.75, 3.05) is 12.8 Å². The van der Waals surface area contributed by atoms with Crippen LogP contribution in [0.1, 0.15) is 5.82 Å². The third kappa shape index (κ3) is 3.32. The van der Waals surface area contributed by atoms with Gasteiger partial charge in [-0.05, 0) is 23.9 Å². The van der Waals surface area contributed by atoms with E-state index in [0.29, 0.717) is 33.3 Å². The van der Waals surface area contributed by atoms with Crippen molar-refractivity contribution in [1.82, 2.24) is 15.0 Å². The summed E-state index contributed by atoms with van der Waals surface area (Å²) in [6, 6.07) is 5.23. The summed E-state index contributed by atoms with van der Waals surface area (Å²) in [5, 5.41) is 1.95. The van der Waals surface area contributed by atoms with Gasteiger partial charge in [0.25, 0.3) is 0 Å². The van der Waals surface area contributed by atoms with Gasteiger partial charge in [0, 0.05) is 19.4 Å². The Balaban J connectivity index is 2.26. The van der Waals surface area contributed by atoms with Crippen LogP contribution in [0.25, 0.3) is 0 Å². The van der Waals surface area contributed by atoms with E-state index in [4.69, 9.17) is 22.1 Å². The van der Waals surface area contributed by atoms with Crippen molar-refractivity contribution in [3.8, 4) is 0 Å². The van der Waals surface area contributed by atoms with Crippen molar-refractivity contribution < 1.29 is 4.74 Å². The van der Waals surface area contributed by atoms with Crippen LogP contribution in [0.5, 0.6) is 0 Å². The number of pyridine rings is 1. The lowest BCUT2D eigenvalue weighted by Crippen LogP contribution is -2.01. The Labute approximate surface area is 114 Å². The minimum Gasteiger partial charge on any atom is -0.384 e. The highest BCUT2D eigenvalue weighted by atomic mass is 35.5. The molecule has 2 N–H and O–H groups in total. The maximum Gasteiger partial charge on any atom is 0.157 e. The van der Waals surface area contributed by atoms with Gasteiger partial charge >= 0.3 is 0 Å². The van der Waals surface area contributed by atoms with E-state index in [0.717, 1.165) is 0 Å². The van der Waals surface area contributed by atoms with Gasteiger partial charge in [-0.25, -0.2) is 15.0 Å². The lowest BCUT2D eigenvalue weighted by Gasteiger charge is -2.05. The van der Waals surface area contributed by atoms with E-state index in [9.17, 15) is 0 Å². The molecule has 0 bridgehead atoms. The maximum absolute atomic E-state index is 6.03. The van der Waals surface area contributed by atoms with Crippen molar-refractivity contribution in [2.45, 2.75) is 16.7 Å². The standard InChI is InChI=1S/C11H11ClN4OS/c1-17-6-9-15-8(13)5-10(16-9)18-11-7(12)3-2-4-14-11/h2-5H,6H2,1H3,(H2,13,15,16). The monoisotopic (exact) mass is 282 g/mol. The van der Waals surface area contributed by atoms with E-state index in [1.54, 1.807) is 31.5 Å². The van der Waals surface area contributed by atoms with Crippen LogP contribution < -0.4 is 5.73 Å². The molecule has 0 aliphatic carbocycles. The highest BCUT2D eigenvalue weighted by Gasteiger charge is 2.08. The molecular formula is C11H11ClN4OS. The molecule has 0 unspecified atom stereocenters. The Morgan fingerprint density at radius 1 is 1.44 bits per heavy atom. The molecule has 0 atom stereocenters. The third-order valence-corrected chi connectivity index (χ3v) is 3.32. The third-order valence-electron chi connectivity index (χ3n) is 1.97. The molecule has 7 heteroatoms. The number of anilines is 1. The predicted octanol–water partition coefficient (Wildman–Crippen LogP) is 2.40. The number of rotatable bonds is 4. The summed E-state index contributed by atoms with van der Waals surface area (Å²) in [5.74, 6) is 0.929. The molecule has 2 aromatic heterocycles. The van der Waals surface area contributed by atoms with Gasteiger partial charge < -0.3 is 10.5 Å². The quantitative estimate of drug-likeness (QED) is 0.868. The van der Waals surface area contributed by atoms with E-state index in [1.807, 2.05) is 0 Å². The van der Waals surface area contributed by atoms with Crippen LogP contribution >= 0.6 is 23.4 Å². The first-order valence-electron chi connectivity index (χ1n) is 5.10. The van der Waals surface area contributed by atoms with Crippen LogP contribution in [0.2, 0.25) is 5.02 Å². The molecule has 0 radical (unpaired) electrons. The molecule has 94 valence electrons. The van der Waals surface area contributed by atoms with E-state index in [-0.39, 0.29) is 0 Å². The van der Waals surface area contributed by atoms with Gasteiger partial charge in [-0.3, -0.25) is 0 Å². The minimum atomic E-state index is 0.314. The smallest absolute Gasteiger partial charge is 0.157 e. The summed E-state index contributed by atoms with van der Waals surface area (Å²) >= 11 is 7.37. The number of nitrogens with zero attached hydrogens (tertiary/aromatic N) is 3. The molecule has 2 heterocycles. The fourth-order valence-electron chi connectivity index (χ4n) is 1.28. The number of halogens is 1. The summed E-state index contributed by atoms with van der Waals surface area (Å²) in [6.45, 7) is 0.314. The molecule has 0 amide bonds. The SMILES string of the molecule is COCc1nc(N)cc(Sc2ncccc2Cl)n1. The number of hydrogen-bond acceptors (Lipinski definition) is 6. The predicted molar refractivity (Wildman–Crippen MR) is 70.5 cm³/mol. The summed E-state index contributed by atoms with van der Waals surface area (Å²) in [7, 11) is 1.58. The largest absolute Gasteiger partial charge is 0.384 e. The summed E-state index contributed by atoms with van der Waals surface area (Å²) in [5.41, 5.74) is 5.71. The van der Waals surface area contributed by atoms with Crippen LogP contribution in [0.15, 0.2) is 34.4 Å². The first kappa shape index (κ1) is 13.1. The van der Waals surface area contributed by atoms with E-state index >= 15 is 0 Å². The highest BCUT2D eigenvalue weighted by molar-refractivity contribution is 7.99. The summed E-state index contributed by atoms with van der Waals surface area (Å²) in [6.07, 6.45) is 1.68. The van der Waals surface area contributed by atoms with Crippen LogP contribution in [0.4, 0.5) is 5.82 Å². The van der Waals surface area contributed by atoms with E-state index < -0.39 is 0 Å². The Morgan fingerprint density at radius 3 is 3.00 bits per heavy atom. The van der Waals surface area contributed by atoms with Crippen molar-refractivity contribution in [3.63, 3.8) is 0 Å². The average Bonchev–Trinajstić information content (AvgIpc) is 2.32. The zero-order chi connectivity index (χ0) is 13.0. The van der Waals surface area contributed by atoms with Crippen LogP contribution in [-0.2, 0) is 11.3 Å². The van der Waals surface area contributed by atoms with Gasteiger partial charge in [0.1, 0.15) is 22.5 Å². The van der Waals surface area contributed by atoms with Gasteiger partial charge in [-0.15, -0.1) is 0 Å². The van der Waals surface area contributed by atoms with E-state index in [2.05, 4.69) is 15.0 Å². The number of nitrogen functional groups attached to an aromatic ring is 1. The molecule has 0 aliphatic rings. The molecule has 0 saturated heterocycles.